The molecule has 1 nitrogen and oxygen atoms in total. The van der Waals surface area contributed by atoms with Gasteiger partial charge in [0.25, 0.3) is 0 Å². The van der Waals surface area contributed by atoms with Gasteiger partial charge in [-0.05, 0) is 42.5 Å². The predicted molar refractivity (Wildman–Crippen MR) is 57.5 cm³/mol. The Labute approximate surface area is 93.2 Å². The van der Waals surface area contributed by atoms with Crippen LogP contribution in [0.25, 0.3) is 0 Å². The Morgan fingerprint density at radius 3 is 2.93 bits per heavy atom. The number of hydrogen-bond acceptors (Lipinski definition) is 1. The summed E-state index contributed by atoms with van der Waals surface area (Å²) >= 11 is 5.80. The minimum absolute atomic E-state index is 0.223. The van der Waals surface area contributed by atoms with Gasteiger partial charge in [-0.25, -0.2) is 4.39 Å². The van der Waals surface area contributed by atoms with E-state index in [2.05, 4.69) is 0 Å². The maximum Gasteiger partial charge on any atom is 0.133 e. The molecule has 0 aliphatic heterocycles. The van der Waals surface area contributed by atoms with Crippen LogP contribution in [0.15, 0.2) is 18.2 Å². The van der Waals surface area contributed by atoms with E-state index in [1.807, 2.05) is 0 Å². The lowest BCUT2D eigenvalue weighted by Gasteiger charge is -2.09. The first kappa shape index (κ1) is 10.6. The van der Waals surface area contributed by atoms with Crippen LogP contribution in [0.4, 0.5) is 4.39 Å². The molecule has 1 atom stereocenters. The van der Waals surface area contributed by atoms with Crippen molar-refractivity contribution in [3.8, 4) is 0 Å². The Hall–Kier alpha value is -0.890. The van der Waals surface area contributed by atoms with Crippen LogP contribution in [-0.4, -0.2) is 5.78 Å². The number of hydrogen-bond donors (Lipinski definition) is 0. The summed E-state index contributed by atoms with van der Waals surface area (Å²) in [6.45, 7) is 0. The average Bonchev–Trinajstić information content (AvgIpc) is 2.58. The van der Waals surface area contributed by atoms with Crippen molar-refractivity contribution < 1.29 is 9.18 Å². The normalized spacial score (nSPS) is 20.9. The van der Waals surface area contributed by atoms with Crippen molar-refractivity contribution in [1.29, 1.82) is 0 Å². The summed E-state index contributed by atoms with van der Waals surface area (Å²) in [5, 5.41) is 0.552. The molecule has 0 radical (unpaired) electrons. The van der Waals surface area contributed by atoms with Gasteiger partial charge in [-0.15, -0.1) is 0 Å². The first-order chi connectivity index (χ1) is 7.15. The molecule has 0 aromatic heterocycles. The number of Topliss-reactive ketones (excluding diaryl/α,β-unsaturated/α-hetero) is 1. The average molecular weight is 227 g/mol. The third-order valence-corrected chi connectivity index (χ3v) is 3.10. The van der Waals surface area contributed by atoms with Crippen molar-refractivity contribution in [3.63, 3.8) is 0 Å². The highest BCUT2D eigenvalue weighted by molar-refractivity contribution is 6.30. The van der Waals surface area contributed by atoms with Crippen LogP contribution in [0.2, 0.25) is 5.02 Å². The van der Waals surface area contributed by atoms with Crippen LogP contribution < -0.4 is 0 Å². The zero-order valence-corrected chi connectivity index (χ0v) is 9.06. The van der Waals surface area contributed by atoms with E-state index in [0.717, 1.165) is 6.42 Å². The molecule has 0 N–H and O–H groups in total. The number of ketones is 1. The summed E-state index contributed by atoms with van der Waals surface area (Å²) in [5.41, 5.74) is 0.627. The first-order valence-electron chi connectivity index (χ1n) is 5.11. The molecule has 1 unspecified atom stereocenters. The Bertz CT molecular complexity index is 389. The van der Waals surface area contributed by atoms with Gasteiger partial charge in [-0.3, -0.25) is 4.79 Å². The monoisotopic (exact) mass is 226 g/mol. The lowest BCUT2D eigenvalue weighted by molar-refractivity contribution is -0.117. The molecule has 1 aliphatic rings. The Morgan fingerprint density at radius 2 is 2.27 bits per heavy atom. The van der Waals surface area contributed by atoms with Gasteiger partial charge >= 0.3 is 0 Å². The Kier molecular flexibility index (Phi) is 3.06. The van der Waals surface area contributed by atoms with Crippen LogP contribution >= 0.6 is 11.6 Å². The number of rotatable bonds is 2. The Morgan fingerprint density at radius 1 is 1.47 bits per heavy atom. The van der Waals surface area contributed by atoms with Crippen molar-refractivity contribution >= 4 is 17.4 Å². The van der Waals surface area contributed by atoms with Crippen molar-refractivity contribution in [2.24, 2.45) is 5.92 Å². The molecule has 2 rings (SSSR count). The molecule has 1 aliphatic carbocycles. The quantitative estimate of drug-likeness (QED) is 0.756. The van der Waals surface area contributed by atoms with E-state index in [9.17, 15) is 9.18 Å². The van der Waals surface area contributed by atoms with Crippen LogP contribution in [0.1, 0.15) is 24.8 Å². The zero-order valence-electron chi connectivity index (χ0n) is 8.30. The predicted octanol–water partition coefficient (Wildman–Crippen LogP) is 3.39. The second-order valence-electron chi connectivity index (χ2n) is 4.09. The summed E-state index contributed by atoms with van der Waals surface area (Å²) in [7, 11) is 0. The van der Waals surface area contributed by atoms with E-state index in [1.165, 1.54) is 6.07 Å². The fourth-order valence-electron chi connectivity index (χ4n) is 2.08. The van der Waals surface area contributed by atoms with E-state index in [4.69, 9.17) is 11.6 Å². The van der Waals surface area contributed by atoms with E-state index in [-0.39, 0.29) is 5.82 Å². The van der Waals surface area contributed by atoms with Gasteiger partial charge in [-0.1, -0.05) is 11.6 Å². The minimum atomic E-state index is -0.223. The lowest BCUT2D eigenvalue weighted by atomic mass is 9.98. The summed E-state index contributed by atoms with van der Waals surface area (Å²) in [6, 6.07) is 4.58. The van der Waals surface area contributed by atoms with Crippen molar-refractivity contribution in [3.05, 3.63) is 34.6 Å². The van der Waals surface area contributed by atoms with Gasteiger partial charge in [0.2, 0.25) is 0 Å². The van der Waals surface area contributed by atoms with Crippen LogP contribution in [0, 0.1) is 11.7 Å². The van der Waals surface area contributed by atoms with Gasteiger partial charge in [0, 0.05) is 17.9 Å². The third kappa shape index (κ3) is 2.57. The molecule has 1 saturated carbocycles. The molecule has 0 saturated heterocycles. The number of halogens is 2. The molecule has 1 aromatic rings. The van der Waals surface area contributed by atoms with Gasteiger partial charge < -0.3 is 0 Å². The van der Waals surface area contributed by atoms with E-state index in [1.54, 1.807) is 12.1 Å². The molecular formula is C12H12ClFO. The maximum absolute atomic E-state index is 13.4. The molecule has 1 fully saturated rings. The van der Waals surface area contributed by atoms with Crippen molar-refractivity contribution in [2.45, 2.75) is 25.7 Å². The maximum atomic E-state index is 13.4. The largest absolute Gasteiger partial charge is 0.300 e. The molecule has 15 heavy (non-hydrogen) atoms. The standard InChI is InChI=1S/C12H12ClFO/c13-10-2-4-12(14)9(7-10)5-8-1-3-11(15)6-8/h2,4,7-8H,1,3,5-6H2. The molecule has 1 aromatic carbocycles. The van der Waals surface area contributed by atoms with Gasteiger partial charge in [0.1, 0.15) is 11.6 Å². The van der Waals surface area contributed by atoms with Gasteiger partial charge in [0.05, 0.1) is 0 Å². The van der Waals surface area contributed by atoms with E-state index < -0.39 is 0 Å². The summed E-state index contributed by atoms with van der Waals surface area (Å²) in [6.07, 6.45) is 2.74. The van der Waals surface area contributed by atoms with E-state index >= 15 is 0 Å². The van der Waals surface area contributed by atoms with Crippen LogP contribution in [0.3, 0.4) is 0 Å². The molecule has 0 bridgehead atoms. The second kappa shape index (κ2) is 4.31. The summed E-state index contributed by atoms with van der Waals surface area (Å²) in [5.74, 6) is 0.367. The van der Waals surface area contributed by atoms with E-state index in [0.29, 0.717) is 41.5 Å². The van der Waals surface area contributed by atoms with Gasteiger partial charge in [-0.2, -0.15) is 0 Å². The van der Waals surface area contributed by atoms with Gasteiger partial charge in [0.15, 0.2) is 0 Å². The number of carbonyl (C=O) groups excluding carboxylic acids is 1. The summed E-state index contributed by atoms with van der Waals surface area (Å²) < 4.78 is 13.4. The first-order valence-corrected chi connectivity index (χ1v) is 5.48. The molecule has 0 spiro atoms. The van der Waals surface area contributed by atoms with Crippen molar-refractivity contribution in [2.75, 3.05) is 0 Å². The molecular weight excluding hydrogens is 215 g/mol. The molecule has 80 valence electrons. The SMILES string of the molecule is O=C1CCC(Cc2cc(Cl)ccc2F)C1. The lowest BCUT2D eigenvalue weighted by Crippen LogP contribution is -2.02. The molecule has 3 heteroatoms. The van der Waals surface area contributed by atoms with Crippen molar-refractivity contribution in [1.82, 2.24) is 0 Å². The molecule has 0 heterocycles. The zero-order chi connectivity index (χ0) is 10.8. The van der Waals surface area contributed by atoms with Crippen LogP contribution in [-0.2, 0) is 11.2 Å². The Balaban J connectivity index is 2.10. The number of carbonyl (C=O) groups is 1. The van der Waals surface area contributed by atoms with Crippen LogP contribution in [0.5, 0.6) is 0 Å². The highest BCUT2D eigenvalue weighted by atomic mass is 35.5. The number of benzene rings is 1. The fourth-order valence-corrected chi connectivity index (χ4v) is 2.27. The topological polar surface area (TPSA) is 17.1 Å². The fraction of sp³-hybridized carbons (Fsp3) is 0.417. The molecule has 0 amide bonds. The minimum Gasteiger partial charge on any atom is -0.300 e. The highest BCUT2D eigenvalue weighted by Gasteiger charge is 2.23. The smallest absolute Gasteiger partial charge is 0.133 e. The highest BCUT2D eigenvalue weighted by Crippen LogP contribution is 2.27. The second-order valence-corrected chi connectivity index (χ2v) is 4.52. The summed E-state index contributed by atoms with van der Waals surface area (Å²) in [4.78, 5) is 11.1. The third-order valence-electron chi connectivity index (χ3n) is 2.86.